The lowest BCUT2D eigenvalue weighted by Crippen LogP contribution is -2.66. The fourth-order valence-corrected chi connectivity index (χ4v) is 7.39. The van der Waals surface area contributed by atoms with E-state index in [-0.39, 0.29) is 31.5 Å². The fourth-order valence-electron chi connectivity index (χ4n) is 7.39. The number of allylic oxidation sites excluding steroid dienone is 10. The zero-order valence-electron chi connectivity index (χ0n) is 23.1. The number of hydrogen-bond donors (Lipinski definition) is 5. The van der Waals surface area contributed by atoms with E-state index >= 15 is 0 Å². The number of carbonyl (C=O) groups is 1. The van der Waals surface area contributed by atoms with Crippen molar-refractivity contribution in [2.45, 2.75) is 71.0 Å². The lowest BCUT2D eigenvalue weighted by Gasteiger charge is -2.60. The average molecular weight is 527 g/mol. The highest BCUT2D eigenvalue weighted by Crippen LogP contribution is 2.66. The molecule has 7 unspecified atom stereocenters. The molecule has 0 amide bonds. The van der Waals surface area contributed by atoms with Gasteiger partial charge in [-0.3, -0.25) is 4.79 Å². The third kappa shape index (κ3) is 5.61. The van der Waals surface area contributed by atoms with Crippen molar-refractivity contribution in [3.05, 3.63) is 70.9 Å². The molecule has 0 radical (unpaired) electrons. The van der Waals surface area contributed by atoms with Crippen LogP contribution in [-0.4, -0.2) is 63.3 Å². The molecule has 5 N–H and O–H groups in total. The van der Waals surface area contributed by atoms with Gasteiger partial charge in [-0.25, -0.2) is 0 Å². The minimum absolute atomic E-state index is 0.0686. The molecule has 0 aromatic rings. The molecule has 7 atom stereocenters. The molecule has 0 aliphatic heterocycles. The van der Waals surface area contributed by atoms with Gasteiger partial charge in [-0.15, -0.1) is 0 Å². The molecule has 0 saturated heterocycles. The third-order valence-corrected chi connectivity index (χ3v) is 9.19. The lowest BCUT2D eigenvalue weighted by atomic mass is 9.46. The average Bonchev–Trinajstić information content (AvgIpc) is 3.23. The Morgan fingerprint density at radius 2 is 1.92 bits per heavy atom. The predicted octanol–water partition coefficient (Wildman–Crippen LogP) is 3.96. The first-order chi connectivity index (χ1) is 18.1. The van der Waals surface area contributed by atoms with Crippen LogP contribution in [0.1, 0.15) is 59.3 Å². The molecule has 1 spiro atoms. The van der Waals surface area contributed by atoms with Crippen LogP contribution in [0.25, 0.3) is 0 Å². The smallest absolute Gasteiger partial charge is 0.145 e. The standard InChI is InChI=1S/C32H46O6/c1-21(2)7-5-8-22(3)9-6-10-26(19-35)27-13-15-32(30(27)37)29-24(14-16-33)11-12-25(17-31(32,38)20-36)28(29)23(4)18-34/h6-7,9-12,18,24-25,27,29-30,33,35-38H,3,5,8,13-17,19-20H2,1-2,4H3. The Hall–Kier alpha value is -2.09. The summed E-state index contributed by atoms with van der Waals surface area (Å²) in [6.45, 7) is 9.17. The highest BCUT2D eigenvalue weighted by atomic mass is 16.3. The van der Waals surface area contributed by atoms with E-state index in [4.69, 9.17) is 0 Å². The van der Waals surface area contributed by atoms with E-state index < -0.39 is 35.6 Å². The Bertz CT molecular complexity index is 1030. The van der Waals surface area contributed by atoms with Gasteiger partial charge in [-0.1, -0.05) is 59.8 Å². The number of aliphatic hydroxyl groups excluding tert-OH is 4. The Labute approximate surface area is 227 Å². The summed E-state index contributed by atoms with van der Waals surface area (Å²) in [5.74, 6) is -1.25. The van der Waals surface area contributed by atoms with E-state index in [0.717, 1.165) is 30.3 Å². The van der Waals surface area contributed by atoms with Crippen LogP contribution in [0.4, 0.5) is 0 Å². The van der Waals surface area contributed by atoms with Gasteiger partial charge in [0, 0.05) is 23.9 Å². The maximum atomic E-state index is 12.0. The summed E-state index contributed by atoms with van der Waals surface area (Å²) in [4.78, 5) is 11.9. The van der Waals surface area contributed by atoms with Gasteiger partial charge in [-0.05, 0) is 82.3 Å². The Balaban J connectivity index is 1.99. The van der Waals surface area contributed by atoms with E-state index in [0.29, 0.717) is 30.4 Å². The van der Waals surface area contributed by atoms with Gasteiger partial charge in [0.15, 0.2) is 0 Å². The summed E-state index contributed by atoms with van der Waals surface area (Å²) in [6.07, 6.45) is 14.9. The summed E-state index contributed by atoms with van der Waals surface area (Å²) in [6, 6.07) is 0. The van der Waals surface area contributed by atoms with E-state index in [9.17, 15) is 30.3 Å². The quantitative estimate of drug-likeness (QED) is 0.120. The van der Waals surface area contributed by atoms with Crippen LogP contribution in [0.15, 0.2) is 70.9 Å². The molecular weight excluding hydrogens is 480 g/mol. The summed E-state index contributed by atoms with van der Waals surface area (Å²) >= 11 is 0. The number of rotatable bonds is 11. The van der Waals surface area contributed by atoms with Crippen LogP contribution in [0.2, 0.25) is 0 Å². The van der Waals surface area contributed by atoms with Gasteiger partial charge in [0.1, 0.15) is 6.29 Å². The van der Waals surface area contributed by atoms with Gasteiger partial charge in [0.2, 0.25) is 0 Å². The van der Waals surface area contributed by atoms with E-state index in [1.165, 1.54) is 5.57 Å². The molecule has 6 heteroatoms. The molecular formula is C32H46O6. The summed E-state index contributed by atoms with van der Waals surface area (Å²) in [5.41, 5.74) is 1.66. The number of hydrogen-bond acceptors (Lipinski definition) is 6. The zero-order chi connectivity index (χ0) is 28.1. The molecule has 2 saturated carbocycles. The Morgan fingerprint density at radius 3 is 2.53 bits per heavy atom. The van der Waals surface area contributed by atoms with E-state index in [1.54, 1.807) is 6.92 Å². The SMILES string of the molecule is C=C(C=CC=C(CO)C1CCC2(C1O)C1C(=C(C)C=O)C(C=CC1CCO)CC2(O)CO)CCC=C(C)C. The maximum absolute atomic E-state index is 12.0. The molecule has 0 heterocycles. The Morgan fingerprint density at radius 1 is 1.18 bits per heavy atom. The van der Waals surface area contributed by atoms with Crippen molar-refractivity contribution >= 4 is 6.29 Å². The molecule has 210 valence electrons. The van der Waals surface area contributed by atoms with Gasteiger partial charge in [-0.2, -0.15) is 0 Å². The van der Waals surface area contributed by atoms with E-state index in [1.807, 2.05) is 30.4 Å². The molecule has 3 aliphatic carbocycles. The van der Waals surface area contributed by atoms with Crippen molar-refractivity contribution in [1.82, 2.24) is 0 Å². The maximum Gasteiger partial charge on any atom is 0.145 e. The van der Waals surface area contributed by atoms with Crippen molar-refractivity contribution in [2.75, 3.05) is 19.8 Å². The monoisotopic (exact) mass is 526 g/mol. The summed E-state index contributed by atoms with van der Waals surface area (Å²) in [7, 11) is 0. The number of aliphatic hydroxyl groups is 5. The van der Waals surface area contributed by atoms with Gasteiger partial charge >= 0.3 is 0 Å². The third-order valence-electron chi connectivity index (χ3n) is 9.19. The summed E-state index contributed by atoms with van der Waals surface area (Å²) < 4.78 is 0. The van der Waals surface area contributed by atoms with Crippen molar-refractivity contribution in [2.24, 2.45) is 29.1 Å². The lowest BCUT2D eigenvalue weighted by molar-refractivity contribution is -0.207. The number of aldehydes is 1. The fraction of sp³-hybridized carbons (Fsp3) is 0.594. The molecule has 0 aromatic carbocycles. The van der Waals surface area contributed by atoms with Crippen LogP contribution >= 0.6 is 0 Å². The first-order valence-corrected chi connectivity index (χ1v) is 13.9. The second-order valence-electron chi connectivity index (χ2n) is 11.7. The van der Waals surface area contributed by atoms with Crippen LogP contribution in [0.3, 0.4) is 0 Å². The molecule has 38 heavy (non-hydrogen) atoms. The normalized spacial score (nSPS) is 36.1. The molecule has 3 aliphatic rings. The largest absolute Gasteiger partial charge is 0.396 e. The van der Waals surface area contributed by atoms with Crippen LogP contribution < -0.4 is 0 Å². The number of carbonyl (C=O) groups excluding carboxylic acids is 1. The van der Waals surface area contributed by atoms with Crippen molar-refractivity contribution in [1.29, 1.82) is 0 Å². The van der Waals surface area contributed by atoms with Crippen molar-refractivity contribution < 1.29 is 30.3 Å². The first kappa shape index (κ1) is 30.5. The molecule has 2 fully saturated rings. The molecule has 0 aromatic heterocycles. The topological polar surface area (TPSA) is 118 Å². The molecule has 3 rings (SSSR count). The highest BCUT2D eigenvalue weighted by molar-refractivity contribution is 5.74. The number of fused-ring (bicyclic) bond motifs is 3. The first-order valence-electron chi connectivity index (χ1n) is 13.9. The van der Waals surface area contributed by atoms with Crippen LogP contribution in [0.5, 0.6) is 0 Å². The van der Waals surface area contributed by atoms with Crippen LogP contribution in [-0.2, 0) is 4.79 Å². The highest BCUT2D eigenvalue weighted by Gasteiger charge is 2.68. The predicted molar refractivity (Wildman–Crippen MR) is 150 cm³/mol. The minimum atomic E-state index is -1.57. The van der Waals surface area contributed by atoms with Gasteiger partial charge < -0.3 is 25.5 Å². The van der Waals surface area contributed by atoms with Gasteiger partial charge in [0.05, 0.1) is 24.9 Å². The van der Waals surface area contributed by atoms with Crippen molar-refractivity contribution in [3.63, 3.8) is 0 Å². The second-order valence-corrected chi connectivity index (χ2v) is 11.7. The second kappa shape index (κ2) is 12.8. The van der Waals surface area contributed by atoms with Gasteiger partial charge in [0.25, 0.3) is 0 Å². The molecule has 6 nitrogen and oxygen atoms in total. The Kier molecular flexibility index (Phi) is 10.3. The van der Waals surface area contributed by atoms with E-state index in [2.05, 4.69) is 26.5 Å². The minimum Gasteiger partial charge on any atom is -0.396 e. The zero-order valence-corrected chi connectivity index (χ0v) is 23.1. The summed E-state index contributed by atoms with van der Waals surface area (Å²) in [5, 5.41) is 54.6. The van der Waals surface area contributed by atoms with Crippen molar-refractivity contribution in [3.8, 4) is 0 Å². The molecule has 2 bridgehead atoms. The van der Waals surface area contributed by atoms with Crippen LogP contribution in [0, 0.1) is 29.1 Å².